The predicted molar refractivity (Wildman–Crippen MR) is 40.9 cm³/mol. The summed E-state index contributed by atoms with van der Waals surface area (Å²) in [5.41, 5.74) is 0.710. The van der Waals surface area contributed by atoms with Gasteiger partial charge in [-0.2, -0.15) is 0 Å². The van der Waals surface area contributed by atoms with Gasteiger partial charge in [-0.15, -0.1) is 0 Å². The van der Waals surface area contributed by atoms with Gasteiger partial charge >= 0.3 is 0 Å². The molecular weight excluding hydrogens is 158 g/mol. The van der Waals surface area contributed by atoms with E-state index in [1.807, 2.05) is 6.92 Å². The van der Waals surface area contributed by atoms with Crippen LogP contribution in [0.15, 0.2) is 4.63 Å². The second-order valence-corrected chi connectivity index (χ2v) is 2.89. The van der Waals surface area contributed by atoms with Crippen LogP contribution in [0.5, 0.6) is 5.88 Å². The molecule has 5 nitrogen and oxygen atoms in total. The number of rotatable bonds is 2. The molecule has 1 N–H and O–H groups in total. The molecule has 0 aromatic carbocycles. The van der Waals surface area contributed by atoms with Crippen molar-refractivity contribution in [3.8, 4) is 5.88 Å². The summed E-state index contributed by atoms with van der Waals surface area (Å²) in [7, 11) is 0. The van der Waals surface area contributed by atoms with Crippen molar-refractivity contribution >= 4 is 0 Å². The van der Waals surface area contributed by atoms with Crippen LogP contribution in [0.1, 0.15) is 12.1 Å². The highest BCUT2D eigenvalue weighted by Gasteiger charge is 2.18. The van der Waals surface area contributed by atoms with E-state index in [1.165, 1.54) is 0 Å². The zero-order valence-corrected chi connectivity index (χ0v) is 6.91. The number of nitrogens with one attached hydrogen (secondary N) is 1. The Labute approximate surface area is 70.1 Å². The van der Waals surface area contributed by atoms with E-state index in [2.05, 4.69) is 20.3 Å². The molecule has 2 rings (SSSR count). The minimum absolute atomic E-state index is 0.218. The molecule has 5 heteroatoms. The zero-order chi connectivity index (χ0) is 8.39. The van der Waals surface area contributed by atoms with Gasteiger partial charge in [0.2, 0.25) is 0 Å². The Morgan fingerprint density at radius 2 is 2.50 bits per heavy atom. The molecule has 0 saturated carbocycles. The summed E-state index contributed by atoms with van der Waals surface area (Å²) in [5.74, 6) is 0.517. The van der Waals surface area contributed by atoms with Crippen molar-refractivity contribution in [2.75, 3.05) is 13.1 Å². The maximum atomic E-state index is 5.52. The second kappa shape index (κ2) is 3.10. The SMILES string of the molecule is Cc1nonc1OC1CCNC1. The fraction of sp³-hybridized carbons (Fsp3) is 0.714. The van der Waals surface area contributed by atoms with Gasteiger partial charge in [0, 0.05) is 6.54 Å². The van der Waals surface area contributed by atoms with Gasteiger partial charge in [-0.25, -0.2) is 4.63 Å². The summed E-state index contributed by atoms with van der Waals surface area (Å²) in [5, 5.41) is 10.5. The van der Waals surface area contributed by atoms with E-state index in [1.54, 1.807) is 0 Å². The van der Waals surface area contributed by atoms with E-state index in [9.17, 15) is 0 Å². The highest BCUT2D eigenvalue weighted by Crippen LogP contribution is 2.14. The second-order valence-electron chi connectivity index (χ2n) is 2.89. The van der Waals surface area contributed by atoms with Crippen LogP contribution >= 0.6 is 0 Å². The number of hydrogen-bond acceptors (Lipinski definition) is 5. The van der Waals surface area contributed by atoms with Gasteiger partial charge in [-0.1, -0.05) is 5.16 Å². The maximum Gasteiger partial charge on any atom is 0.279 e. The first-order valence-electron chi connectivity index (χ1n) is 4.03. The molecule has 1 aromatic rings. The Hall–Kier alpha value is -1.10. The van der Waals surface area contributed by atoms with E-state index in [-0.39, 0.29) is 6.10 Å². The molecule has 12 heavy (non-hydrogen) atoms. The first-order valence-corrected chi connectivity index (χ1v) is 4.03. The molecule has 1 fully saturated rings. The van der Waals surface area contributed by atoms with Crippen LogP contribution in [-0.4, -0.2) is 29.5 Å². The summed E-state index contributed by atoms with van der Waals surface area (Å²) >= 11 is 0. The standard InChI is InChI=1S/C7H11N3O2/c1-5-7(10-12-9-5)11-6-2-3-8-4-6/h6,8H,2-4H2,1H3. The first-order chi connectivity index (χ1) is 5.86. The molecule has 1 saturated heterocycles. The van der Waals surface area contributed by atoms with E-state index in [0.717, 1.165) is 19.5 Å². The molecule has 0 spiro atoms. The molecule has 1 aliphatic rings. The lowest BCUT2D eigenvalue weighted by Gasteiger charge is -2.08. The minimum atomic E-state index is 0.218. The highest BCUT2D eigenvalue weighted by molar-refractivity contribution is 5.12. The Bertz CT molecular complexity index is 255. The van der Waals surface area contributed by atoms with E-state index in [0.29, 0.717) is 11.6 Å². The van der Waals surface area contributed by atoms with Crippen molar-refractivity contribution in [3.63, 3.8) is 0 Å². The maximum absolute atomic E-state index is 5.52. The lowest BCUT2D eigenvalue weighted by atomic mass is 10.3. The topological polar surface area (TPSA) is 60.2 Å². The Balaban J connectivity index is 1.98. The quantitative estimate of drug-likeness (QED) is 0.681. The van der Waals surface area contributed by atoms with Gasteiger partial charge in [-0.05, 0) is 25.0 Å². The van der Waals surface area contributed by atoms with Crippen molar-refractivity contribution in [3.05, 3.63) is 5.69 Å². The van der Waals surface area contributed by atoms with E-state index in [4.69, 9.17) is 4.74 Å². The van der Waals surface area contributed by atoms with Crippen LogP contribution in [0.3, 0.4) is 0 Å². The Morgan fingerprint density at radius 3 is 3.08 bits per heavy atom. The molecule has 1 atom stereocenters. The van der Waals surface area contributed by atoms with Crippen LogP contribution in [0.4, 0.5) is 0 Å². The highest BCUT2D eigenvalue weighted by atomic mass is 16.6. The van der Waals surface area contributed by atoms with Gasteiger partial charge in [0.15, 0.2) is 0 Å². The van der Waals surface area contributed by atoms with Gasteiger partial charge in [-0.3, -0.25) is 0 Å². The van der Waals surface area contributed by atoms with Crippen molar-refractivity contribution in [2.45, 2.75) is 19.4 Å². The van der Waals surface area contributed by atoms with Crippen LogP contribution < -0.4 is 10.1 Å². The van der Waals surface area contributed by atoms with Gasteiger partial charge in [0.1, 0.15) is 11.8 Å². The number of ether oxygens (including phenoxy) is 1. The van der Waals surface area contributed by atoms with Gasteiger partial charge in [0.25, 0.3) is 5.88 Å². The summed E-state index contributed by atoms with van der Waals surface area (Å²) in [6, 6.07) is 0. The summed E-state index contributed by atoms with van der Waals surface area (Å²) in [6.45, 7) is 3.70. The van der Waals surface area contributed by atoms with Crippen LogP contribution in [0.25, 0.3) is 0 Å². The number of hydrogen-bond donors (Lipinski definition) is 1. The predicted octanol–water partition coefficient (Wildman–Crippen LogP) is 0.119. The normalized spacial score (nSPS) is 22.9. The Morgan fingerprint density at radius 1 is 1.58 bits per heavy atom. The van der Waals surface area contributed by atoms with E-state index < -0.39 is 0 Å². The largest absolute Gasteiger partial charge is 0.469 e. The number of aromatic nitrogens is 2. The van der Waals surface area contributed by atoms with Gasteiger partial charge < -0.3 is 10.1 Å². The van der Waals surface area contributed by atoms with Crippen molar-refractivity contribution in [2.24, 2.45) is 0 Å². The molecule has 66 valence electrons. The summed E-state index contributed by atoms with van der Waals surface area (Å²) in [6.07, 6.45) is 1.24. The first kappa shape index (κ1) is 7.54. The number of aryl methyl sites for hydroxylation is 1. The molecule has 0 bridgehead atoms. The van der Waals surface area contributed by atoms with Crippen LogP contribution in [0, 0.1) is 6.92 Å². The molecule has 2 heterocycles. The molecule has 0 aliphatic carbocycles. The molecular formula is C7H11N3O2. The Kier molecular flexibility index (Phi) is 1.95. The van der Waals surface area contributed by atoms with Crippen molar-refractivity contribution in [1.82, 2.24) is 15.6 Å². The average Bonchev–Trinajstić information content (AvgIpc) is 2.65. The third kappa shape index (κ3) is 1.40. The van der Waals surface area contributed by atoms with Gasteiger partial charge in [0.05, 0.1) is 0 Å². The fourth-order valence-electron chi connectivity index (χ4n) is 1.22. The molecule has 0 amide bonds. The van der Waals surface area contributed by atoms with Crippen molar-refractivity contribution < 1.29 is 9.37 Å². The number of nitrogens with zero attached hydrogens (tertiary/aromatic N) is 2. The lowest BCUT2D eigenvalue weighted by Crippen LogP contribution is -2.20. The summed E-state index contributed by atoms with van der Waals surface area (Å²) < 4.78 is 10.0. The molecule has 1 unspecified atom stereocenters. The third-order valence-corrected chi connectivity index (χ3v) is 1.90. The smallest absolute Gasteiger partial charge is 0.279 e. The monoisotopic (exact) mass is 169 g/mol. The van der Waals surface area contributed by atoms with E-state index >= 15 is 0 Å². The van der Waals surface area contributed by atoms with Crippen LogP contribution in [-0.2, 0) is 0 Å². The molecule has 0 radical (unpaired) electrons. The molecule has 1 aromatic heterocycles. The van der Waals surface area contributed by atoms with Crippen molar-refractivity contribution in [1.29, 1.82) is 0 Å². The summed E-state index contributed by atoms with van der Waals surface area (Å²) in [4.78, 5) is 0. The van der Waals surface area contributed by atoms with Crippen LogP contribution in [0.2, 0.25) is 0 Å². The lowest BCUT2D eigenvalue weighted by molar-refractivity contribution is 0.195. The minimum Gasteiger partial charge on any atom is -0.469 e. The fourth-order valence-corrected chi connectivity index (χ4v) is 1.22. The third-order valence-electron chi connectivity index (χ3n) is 1.90. The zero-order valence-electron chi connectivity index (χ0n) is 6.91. The average molecular weight is 169 g/mol. The molecule has 1 aliphatic heterocycles.